The quantitative estimate of drug-likeness (QED) is 0.904. The summed E-state index contributed by atoms with van der Waals surface area (Å²) in [4.78, 5) is 15.6. The van der Waals surface area contributed by atoms with Crippen molar-refractivity contribution in [1.29, 1.82) is 0 Å². The Morgan fingerprint density at radius 1 is 1.33 bits per heavy atom. The Bertz CT molecular complexity index is 672. The molecule has 0 bridgehead atoms. The highest BCUT2D eigenvalue weighted by Gasteiger charge is 2.27. The van der Waals surface area contributed by atoms with Crippen molar-refractivity contribution in [2.45, 2.75) is 31.4 Å². The van der Waals surface area contributed by atoms with Crippen LogP contribution in [0.25, 0.3) is 10.8 Å². The van der Waals surface area contributed by atoms with Crippen LogP contribution in [0.1, 0.15) is 29.6 Å². The van der Waals surface area contributed by atoms with E-state index >= 15 is 0 Å². The number of benzene rings is 1. The van der Waals surface area contributed by atoms with Gasteiger partial charge in [0.05, 0.1) is 17.7 Å². The lowest BCUT2D eigenvalue weighted by Gasteiger charge is -2.21. The third-order valence-electron chi connectivity index (χ3n) is 4.10. The zero-order chi connectivity index (χ0) is 14.8. The number of ether oxygens (including phenoxy) is 1. The minimum atomic E-state index is -0.958. The molecule has 2 atom stereocenters. The Morgan fingerprint density at radius 3 is 2.81 bits per heavy atom. The summed E-state index contributed by atoms with van der Waals surface area (Å²) < 4.78 is 5.49. The summed E-state index contributed by atoms with van der Waals surface area (Å²) >= 11 is 0. The van der Waals surface area contributed by atoms with Crippen molar-refractivity contribution in [2.75, 3.05) is 12.4 Å². The number of hydrogen-bond donors (Lipinski definition) is 2. The van der Waals surface area contributed by atoms with Crippen molar-refractivity contribution >= 4 is 22.6 Å². The van der Waals surface area contributed by atoms with Crippen LogP contribution < -0.4 is 5.32 Å². The van der Waals surface area contributed by atoms with Crippen LogP contribution in [0.5, 0.6) is 0 Å². The number of hydrogen-bond acceptors (Lipinski definition) is 4. The summed E-state index contributed by atoms with van der Waals surface area (Å²) in [6.45, 7) is 0. The van der Waals surface area contributed by atoms with Gasteiger partial charge in [-0.3, -0.25) is 0 Å². The number of nitrogens with zero attached hydrogens (tertiary/aromatic N) is 1. The third kappa shape index (κ3) is 2.56. The molecule has 1 aromatic carbocycles. The molecule has 1 heterocycles. The highest BCUT2D eigenvalue weighted by Crippen LogP contribution is 2.29. The van der Waals surface area contributed by atoms with Crippen molar-refractivity contribution in [2.24, 2.45) is 0 Å². The van der Waals surface area contributed by atoms with E-state index in [1.54, 1.807) is 7.11 Å². The maximum Gasteiger partial charge on any atom is 0.337 e. The predicted molar refractivity (Wildman–Crippen MR) is 80.8 cm³/mol. The molecule has 5 heteroatoms. The molecule has 1 saturated carbocycles. The smallest absolute Gasteiger partial charge is 0.337 e. The predicted octanol–water partition coefficient (Wildman–Crippen LogP) is 2.91. The number of methoxy groups -OCH3 is 1. The van der Waals surface area contributed by atoms with Gasteiger partial charge < -0.3 is 15.2 Å². The van der Waals surface area contributed by atoms with Gasteiger partial charge >= 0.3 is 5.97 Å². The van der Waals surface area contributed by atoms with Crippen LogP contribution in [-0.4, -0.2) is 35.3 Å². The van der Waals surface area contributed by atoms with Gasteiger partial charge in [0.2, 0.25) is 0 Å². The van der Waals surface area contributed by atoms with Crippen molar-refractivity contribution in [1.82, 2.24) is 4.98 Å². The van der Waals surface area contributed by atoms with Gasteiger partial charge in [0, 0.05) is 24.1 Å². The molecule has 0 amide bonds. The lowest BCUT2D eigenvalue weighted by atomic mass is 10.1. The van der Waals surface area contributed by atoms with E-state index < -0.39 is 5.97 Å². The first-order valence-corrected chi connectivity index (χ1v) is 7.11. The van der Waals surface area contributed by atoms with Crippen LogP contribution in [0.4, 0.5) is 5.82 Å². The second-order valence-corrected chi connectivity index (χ2v) is 5.33. The highest BCUT2D eigenvalue weighted by molar-refractivity contribution is 6.06. The summed E-state index contributed by atoms with van der Waals surface area (Å²) in [7, 11) is 1.73. The van der Waals surface area contributed by atoms with Gasteiger partial charge in [-0.05, 0) is 19.3 Å². The van der Waals surface area contributed by atoms with Gasteiger partial charge in [0.25, 0.3) is 0 Å². The lowest BCUT2D eigenvalue weighted by molar-refractivity contribution is 0.0698. The molecule has 1 aromatic heterocycles. The van der Waals surface area contributed by atoms with Crippen molar-refractivity contribution in [3.8, 4) is 0 Å². The zero-order valence-electron chi connectivity index (χ0n) is 11.9. The second kappa shape index (κ2) is 5.69. The van der Waals surface area contributed by atoms with Crippen LogP contribution in [0.3, 0.4) is 0 Å². The standard InChI is InChI=1S/C16H18N2O3/c1-21-14-8-4-7-13(14)18-15-11-6-3-2-5-10(11)12(9-17-15)16(19)20/h2-3,5-6,9,13-14H,4,7-8H2,1H3,(H,17,18)(H,19,20). The molecule has 2 N–H and O–H groups in total. The fourth-order valence-corrected chi connectivity index (χ4v) is 3.03. The molecule has 2 unspecified atom stereocenters. The first kappa shape index (κ1) is 13.8. The van der Waals surface area contributed by atoms with E-state index in [0.717, 1.165) is 30.5 Å². The summed E-state index contributed by atoms with van der Waals surface area (Å²) in [5.74, 6) is -0.231. The minimum Gasteiger partial charge on any atom is -0.478 e. The van der Waals surface area contributed by atoms with Gasteiger partial charge in [0.1, 0.15) is 5.82 Å². The number of aromatic nitrogens is 1. The Kier molecular flexibility index (Phi) is 3.75. The van der Waals surface area contributed by atoms with Crippen LogP contribution in [0.15, 0.2) is 30.5 Å². The normalized spacial score (nSPS) is 21.6. The van der Waals surface area contributed by atoms with Gasteiger partial charge in [-0.25, -0.2) is 9.78 Å². The van der Waals surface area contributed by atoms with Crippen LogP contribution >= 0.6 is 0 Å². The first-order valence-electron chi connectivity index (χ1n) is 7.11. The Hall–Kier alpha value is -2.14. The number of fused-ring (bicyclic) bond motifs is 1. The molecular formula is C16H18N2O3. The van der Waals surface area contributed by atoms with Gasteiger partial charge in [-0.15, -0.1) is 0 Å². The first-order chi connectivity index (χ1) is 10.2. The molecule has 1 aliphatic carbocycles. The summed E-state index contributed by atoms with van der Waals surface area (Å²) in [5.41, 5.74) is 0.228. The Morgan fingerprint density at radius 2 is 2.10 bits per heavy atom. The molecule has 0 saturated heterocycles. The molecule has 1 aliphatic rings. The molecule has 5 nitrogen and oxygen atoms in total. The zero-order valence-corrected chi connectivity index (χ0v) is 11.9. The number of aromatic carboxylic acids is 1. The van der Waals surface area contributed by atoms with Gasteiger partial charge in [0.15, 0.2) is 0 Å². The Balaban J connectivity index is 2.00. The van der Waals surface area contributed by atoms with E-state index in [4.69, 9.17) is 4.74 Å². The monoisotopic (exact) mass is 286 g/mol. The van der Waals surface area contributed by atoms with Crippen molar-refractivity contribution in [3.05, 3.63) is 36.0 Å². The van der Waals surface area contributed by atoms with Gasteiger partial charge in [-0.1, -0.05) is 24.3 Å². The number of nitrogens with one attached hydrogen (secondary N) is 1. The highest BCUT2D eigenvalue weighted by atomic mass is 16.5. The van der Waals surface area contributed by atoms with E-state index in [9.17, 15) is 9.90 Å². The summed E-state index contributed by atoms with van der Waals surface area (Å²) in [5, 5.41) is 14.2. The van der Waals surface area contributed by atoms with Gasteiger partial charge in [-0.2, -0.15) is 0 Å². The largest absolute Gasteiger partial charge is 0.478 e. The lowest BCUT2D eigenvalue weighted by Crippen LogP contribution is -2.30. The molecular weight excluding hydrogens is 268 g/mol. The van der Waals surface area contributed by atoms with Crippen LogP contribution in [-0.2, 0) is 4.74 Å². The molecule has 21 heavy (non-hydrogen) atoms. The van der Waals surface area contributed by atoms with Crippen LogP contribution in [0.2, 0.25) is 0 Å². The van der Waals surface area contributed by atoms with E-state index in [0.29, 0.717) is 5.39 Å². The number of pyridine rings is 1. The second-order valence-electron chi connectivity index (χ2n) is 5.33. The number of carbonyl (C=O) groups is 1. The topological polar surface area (TPSA) is 71.5 Å². The van der Waals surface area contributed by atoms with E-state index in [1.165, 1.54) is 6.20 Å². The van der Waals surface area contributed by atoms with E-state index in [1.807, 2.05) is 24.3 Å². The number of carboxylic acids is 1. The average Bonchev–Trinajstić information content (AvgIpc) is 2.94. The molecule has 0 radical (unpaired) electrons. The molecule has 1 fully saturated rings. The molecule has 0 spiro atoms. The summed E-state index contributed by atoms with van der Waals surface area (Å²) in [6.07, 6.45) is 4.81. The third-order valence-corrected chi connectivity index (χ3v) is 4.10. The molecule has 110 valence electrons. The maximum absolute atomic E-state index is 11.3. The number of anilines is 1. The molecule has 0 aliphatic heterocycles. The fraction of sp³-hybridized carbons (Fsp3) is 0.375. The van der Waals surface area contributed by atoms with Crippen molar-refractivity contribution < 1.29 is 14.6 Å². The summed E-state index contributed by atoms with van der Waals surface area (Å²) in [6, 6.07) is 7.67. The van der Waals surface area contributed by atoms with Crippen LogP contribution in [0, 0.1) is 0 Å². The maximum atomic E-state index is 11.3. The fourth-order valence-electron chi connectivity index (χ4n) is 3.03. The number of carboxylic acid groups (broad SMARTS) is 1. The van der Waals surface area contributed by atoms with E-state index in [-0.39, 0.29) is 17.7 Å². The minimum absolute atomic E-state index is 0.185. The number of rotatable bonds is 4. The SMILES string of the molecule is COC1CCCC1Nc1ncc(C(=O)O)c2ccccc12. The molecule has 3 rings (SSSR count). The average molecular weight is 286 g/mol. The Labute approximate surface area is 123 Å². The van der Waals surface area contributed by atoms with E-state index in [2.05, 4.69) is 10.3 Å². The van der Waals surface area contributed by atoms with Crippen molar-refractivity contribution in [3.63, 3.8) is 0 Å². The molecule has 2 aromatic rings.